The molecule has 0 fully saturated rings. The maximum Gasteiger partial charge on any atom is 0.321 e. The largest absolute Gasteiger partial charge is 0.453 e. The molecule has 1 aliphatic carbocycles. The summed E-state index contributed by atoms with van der Waals surface area (Å²) >= 11 is 0. The van der Waals surface area contributed by atoms with Gasteiger partial charge in [0, 0.05) is 5.56 Å². The molecule has 1 aliphatic rings. The summed E-state index contributed by atoms with van der Waals surface area (Å²) in [4.78, 5) is 24.6. The quantitative estimate of drug-likeness (QED) is 0.569. The highest BCUT2D eigenvalue weighted by atomic mass is 32.2. The van der Waals surface area contributed by atoms with Gasteiger partial charge in [-0.1, -0.05) is 29.8 Å². The molecule has 1 atom stereocenters. The molecule has 1 N–H and O–H groups in total. The summed E-state index contributed by atoms with van der Waals surface area (Å²) in [7, 11) is -3.82. The molecule has 0 spiro atoms. The van der Waals surface area contributed by atoms with Crippen LogP contribution in [0.3, 0.4) is 0 Å². The van der Waals surface area contributed by atoms with E-state index in [-0.39, 0.29) is 10.7 Å². The average Bonchev–Trinajstić information content (AvgIpc) is 3.14. The predicted molar refractivity (Wildman–Crippen MR) is 105 cm³/mol. The number of sulfonamides is 1. The van der Waals surface area contributed by atoms with Crippen LogP contribution in [0.5, 0.6) is 0 Å². The lowest BCUT2D eigenvalue weighted by atomic mass is 10.0. The number of hydrogen-bond acceptors (Lipinski definition) is 5. The highest BCUT2D eigenvalue weighted by Crippen LogP contribution is 2.23. The van der Waals surface area contributed by atoms with Crippen LogP contribution >= 0.6 is 0 Å². The summed E-state index contributed by atoms with van der Waals surface area (Å²) in [5, 5.41) is 0. The Balaban J connectivity index is 1.56. The normalized spacial score (nSPS) is 14.4. The third-order valence-electron chi connectivity index (χ3n) is 4.80. The second kappa shape index (κ2) is 8.24. The van der Waals surface area contributed by atoms with Gasteiger partial charge in [-0.25, -0.2) is 8.42 Å². The molecule has 0 bridgehead atoms. The third-order valence-corrected chi connectivity index (χ3v) is 6.22. The standard InChI is InChI=1S/C21H23NO5S/c1-14-6-10-19(11-7-14)28(25,26)22-13-20(23)27-15(2)21(24)18-9-8-16-4-3-5-17(16)12-18/h6-12,15,22H,3-5,13H2,1-2H3/t15-/m0/s1. The van der Waals surface area contributed by atoms with Crippen molar-refractivity contribution in [2.75, 3.05) is 6.54 Å². The Morgan fingerprint density at radius 3 is 2.46 bits per heavy atom. The van der Waals surface area contributed by atoms with E-state index in [9.17, 15) is 18.0 Å². The maximum atomic E-state index is 12.5. The molecule has 0 aliphatic heterocycles. The Hall–Kier alpha value is -2.51. The first-order chi connectivity index (χ1) is 13.3. The SMILES string of the molecule is Cc1ccc(S(=O)(=O)NCC(=O)O[C@@H](C)C(=O)c2ccc3c(c2)CCC3)cc1. The molecule has 2 aromatic rings. The van der Waals surface area contributed by atoms with E-state index in [4.69, 9.17) is 4.74 Å². The van der Waals surface area contributed by atoms with Gasteiger partial charge in [-0.3, -0.25) is 9.59 Å². The Morgan fingerprint density at radius 2 is 1.75 bits per heavy atom. The van der Waals surface area contributed by atoms with Crippen molar-refractivity contribution in [3.05, 3.63) is 64.7 Å². The van der Waals surface area contributed by atoms with Gasteiger partial charge in [-0.05, 0) is 62.4 Å². The summed E-state index contributed by atoms with van der Waals surface area (Å²) in [6, 6.07) is 11.8. The Bertz CT molecular complexity index is 996. The van der Waals surface area contributed by atoms with Crippen molar-refractivity contribution in [3.63, 3.8) is 0 Å². The topological polar surface area (TPSA) is 89.5 Å². The van der Waals surface area contributed by atoms with Crippen molar-refractivity contribution in [2.45, 2.75) is 44.1 Å². The number of fused-ring (bicyclic) bond motifs is 1. The first kappa shape index (κ1) is 20.2. The van der Waals surface area contributed by atoms with Gasteiger partial charge < -0.3 is 4.74 Å². The molecule has 0 aromatic heterocycles. The molecule has 2 aromatic carbocycles. The van der Waals surface area contributed by atoms with Crippen LogP contribution in [-0.2, 0) is 32.4 Å². The third kappa shape index (κ3) is 4.66. The Kier molecular flexibility index (Phi) is 5.96. The van der Waals surface area contributed by atoms with Gasteiger partial charge in [-0.2, -0.15) is 4.72 Å². The lowest BCUT2D eigenvalue weighted by Crippen LogP contribution is -2.34. The molecule has 0 radical (unpaired) electrons. The van der Waals surface area contributed by atoms with E-state index < -0.39 is 28.6 Å². The summed E-state index contributed by atoms with van der Waals surface area (Å²) < 4.78 is 31.7. The number of carbonyl (C=O) groups excluding carboxylic acids is 2. The highest BCUT2D eigenvalue weighted by molar-refractivity contribution is 7.89. The van der Waals surface area contributed by atoms with Gasteiger partial charge in [0.2, 0.25) is 15.8 Å². The van der Waals surface area contributed by atoms with Crippen molar-refractivity contribution < 1.29 is 22.7 Å². The molecule has 0 saturated carbocycles. The van der Waals surface area contributed by atoms with Crippen molar-refractivity contribution in [3.8, 4) is 0 Å². The van der Waals surface area contributed by atoms with E-state index in [1.807, 2.05) is 19.1 Å². The van der Waals surface area contributed by atoms with E-state index >= 15 is 0 Å². The summed E-state index contributed by atoms with van der Waals surface area (Å²) in [6.07, 6.45) is 2.07. The van der Waals surface area contributed by atoms with Gasteiger partial charge in [0.25, 0.3) is 0 Å². The van der Waals surface area contributed by atoms with Gasteiger partial charge >= 0.3 is 5.97 Å². The molecule has 0 amide bonds. The van der Waals surface area contributed by atoms with Crippen molar-refractivity contribution in [2.24, 2.45) is 0 Å². The fourth-order valence-electron chi connectivity index (χ4n) is 3.21. The molecule has 0 unspecified atom stereocenters. The van der Waals surface area contributed by atoms with Gasteiger partial charge in [-0.15, -0.1) is 0 Å². The van der Waals surface area contributed by atoms with Crippen LogP contribution in [0.1, 0.15) is 40.4 Å². The van der Waals surface area contributed by atoms with E-state index in [1.165, 1.54) is 24.6 Å². The molecule has 148 valence electrons. The second-order valence-corrected chi connectivity index (χ2v) is 8.74. The summed E-state index contributed by atoms with van der Waals surface area (Å²) in [6.45, 7) is 2.79. The van der Waals surface area contributed by atoms with Crippen LogP contribution in [0.15, 0.2) is 47.4 Å². The Labute approximate surface area is 165 Å². The smallest absolute Gasteiger partial charge is 0.321 e. The monoisotopic (exact) mass is 401 g/mol. The van der Waals surface area contributed by atoms with Crippen LogP contribution in [0.4, 0.5) is 0 Å². The van der Waals surface area contributed by atoms with Crippen LogP contribution in [0, 0.1) is 6.92 Å². The van der Waals surface area contributed by atoms with Gasteiger partial charge in [0.15, 0.2) is 6.10 Å². The number of rotatable bonds is 7. The molecular formula is C21H23NO5S. The van der Waals surface area contributed by atoms with E-state index in [0.29, 0.717) is 5.56 Å². The number of Topliss-reactive ketones (excluding diaryl/α,β-unsaturated/α-hetero) is 1. The number of aryl methyl sites for hydroxylation is 3. The van der Waals surface area contributed by atoms with Crippen molar-refractivity contribution in [1.82, 2.24) is 4.72 Å². The van der Waals surface area contributed by atoms with Crippen LogP contribution in [0.2, 0.25) is 0 Å². The van der Waals surface area contributed by atoms with Crippen LogP contribution in [-0.4, -0.2) is 32.8 Å². The lowest BCUT2D eigenvalue weighted by molar-refractivity contribution is -0.144. The summed E-state index contributed by atoms with van der Waals surface area (Å²) in [5.74, 6) is -1.11. The van der Waals surface area contributed by atoms with Crippen LogP contribution in [0.25, 0.3) is 0 Å². The van der Waals surface area contributed by atoms with Crippen molar-refractivity contribution >= 4 is 21.8 Å². The minimum absolute atomic E-state index is 0.0631. The van der Waals surface area contributed by atoms with E-state index in [1.54, 1.807) is 18.2 Å². The molecular weight excluding hydrogens is 378 g/mol. The molecule has 0 saturated heterocycles. The minimum atomic E-state index is -3.82. The van der Waals surface area contributed by atoms with E-state index in [2.05, 4.69) is 4.72 Å². The Morgan fingerprint density at radius 1 is 1.07 bits per heavy atom. The molecule has 28 heavy (non-hydrogen) atoms. The fourth-order valence-corrected chi connectivity index (χ4v) is 4.18. The number of esters is 1. The van der Waals surface area contributed by atoms with Crippen molar-refractivity contribution in [1.29, 1.82) is 0 Å². The minimum Gasteiger partial charge on any atom is -0.453 e. The van der Waals surface area contributed by atoms with Crippen LogP contribution < -0.4 is 4.72 Å². The van der Waals surface area contributed by atoms with Gasteiger partial charge in [0.05, 0.1) is 4.90 Å². The summed E-state index contributed by atoms with van der Waals surface area (Å²) in [5.41, 5.74) is 3.85. The molecule has 0 heterocycles. The lowest BCUT2D eigenvalue weighted by Gasteiger charge is -2.14. The number of carbonyl (C=O) groups is 2. The number of nitrogens with one attached hydrogen (secondary N) is 1. The average molecular weight is 401 g/mol. The molecule has 6 nitrogen and oxygen atoms in total. The van der Waals surface area contributed by atoms with Gasteiger partial charge in [0.1, 0.15) is 6.54 Å². The zero-order valence-electron chi connectivity index (χ0n) is 15.9. The molecule has 7 heteroatoms. The zero-order chi connectivity index (χ0) is 20.3. The fraction of sp³-hybridized carbons (Fsp3) is 0.333. The molecule has 3 rings (SSSR count). The number of benzene rings is 2. The highest BCUT2D eigenvalue weighted by Gasteiger charge is 2.23. The predicted octanol–water partition coefficient (Wildman–Crippen LogP) is 2.58. The first-order valence-corrected chi connectivity index (χ1v) is 10.7. The number of ketones is 1. The number of ether oxygens (including phenoxy) is 1. The number of hydrogen-bond donors (Lipinski definition) is 1. The second-order valence-electron chi connectivity index (χ2n) is 6.97. The first-order valence-electron chi connectivity index (χ1n) is 9.18. The van der Waals surface area contributed by atoms with E-state index in [0.717, 1.165) is 30.4 Å². The maximum absolute atomic E-state index is 12.5. The zero-order valence-corrected chi connectivity index (χ0v) is 16.7.